The zero-order valence-corrected chi connectivity index (χ0v) is 12.2. The Morgan fingerprint density at radius 3 is 2.00 bits per heavy atom. The number of nitrogens with two attached hydrogens (primary N) is 1. The van der Waals surface area contributed by atoms with E-state index in [4.69, 9.17) is 19.9 Å². The Balaban J connectivity index is 2.51. The molecule has 5 heteroatoms. The van der Waals surface area contributed by atoms with Crippen molar-refractivity contribution < 1.29 is 19.0 Å². The molecular weight excluding hydrogens is 270 g/mol. The molecule has 0 spiro atoms. The molecule has 2 N–H and O–H groups in total. The smallest absolute Gasteiger partial charge is 0.203 e. The van der Waals surface area contributed by atoms with Crippen LogP contribution in [-0.2, 0) is 0 Å². The maximum Gasteiger partial charge on any atom is 0.203 e. The van der Waals surface area contributed by atoms with E-state index in [0.717, 1.165) is 0 Å². The van der Waals surface area contributed by atoms with Gasteiger partial charge in [-0.25, -0.2) is 0 Å². The molecule has 0 radical (unpaired) electrons. The Hall–Kier alpha value is -2.69. The second-order valence-electron chi connectivity index (χ2n) is 4.37. The molecule has 2 aromatic rings. The zero-order valence-electron chi connectivity index (χ0n) is 12.2. The molecule has 0 aliphatic heterocycles. The Labute approximate surface area is 123 Å². The van der Waals surface area contributed by atoms with E-state index in [1.54, 1.807) is 36.4 Å². The number of rotatable bonds is 5. The van der Waals surface area contributed by atoms with E-state index in [0.29, 0.717) is 34.1 Å². The number of anilines is 1. The van der Waals surface area contributed by atoms with Crippen LogP contribution in [-0.4, -0.2) is 27.1 Å². The number of carbonyl (C=O) groups excluding carboxylic acids is 1. The predicted octanol–water partition coefficient (Wildman–Crippen LogP) is 2.53. The molecule has 0 aromatic heterocycles. The number of hydrogen-bond acceptors (Lipinski definition) is 5. The minimum Gasteiger partial charge on any atom is -0.493 e. The lowest BCUT2D eigenvalue weighted by Gasteiger charge is -2.13. The van der Waals surface area contributed by atoms with Crippen molar-refractivity contribution in [1.29, 1.82) is 0 Å². The van der Waals surface area contributed by atoms with Crippen molar-refractivity contribution in [1.82, 2.24) is 0 Å². The van der Waals surface area contributed by atoms with Gasteiger partial charge < -0.3 is 19.9 Å². The van der Waals surface area contributed by atoms with Gasteiger partial charge in [0.2, 0.25) is 5.75 Å². The first-order valence-corrected chi connectivity index (χ1v) is 6.31. The summed E-state index contributed by atoms with van der Waals surface area (Å²) in [6, 6.07) is 10.0. The molecule has 0 amide bonds. The number of hydrogen-bond donors (Lipinski definition) is 1. The molecule has 0 aliphatic carbocycles. The molecule has 110 valence electrons. The van der Waals surface area contributed by atoms with Crippen LogP contribution in [0.1, 0.15) is 15.9 Å². The van der Waals surface area contributed by atoms with Crippen LogP contribution in [0.5, 0.6) is 17.2 Å². The van der Waals surface area contributed by atoms with Gasteiger partial charge in [-0.2, -0.15) is 0 Å². The highest BCUT2D eigenvalue weighted by Gasteiger charge is 2.18. The molecule has 0 fully saturated rings. The van der Waals surface area contributed by atoms with Gasteiger partial charge in [-0.15, -0.1) is 0 Å². The number of methoxy groups -OCH3 is 3. The van der Waals surface area contributed by atoms with Crippen LogP contribution in [0.2, 0.25) is 0 Å². The van der Waals surface area contributed by atoms with Crippen molar-refractivity contribution in [2.45, 2.75) is 0 Å². The Morgan fingerprint density at radius 1 is 0.905 bits per heavy atom. The van der Waals surface area contributed by atoms with Crippen LogP contribution in [0.25, 0.3) is 0 Å². The molecule has 2 rings (SSSR count). The quantitative estimate of drug-likeness (QED) is 0.676. The summed E-state index contributed by atoms with van der Waals surface area (Å²) in [6.07, 6.45) is 0. The van der Waals surface area contributed by atoms with Gasteiger partial charge in [0.05, 0.1) is 21.3 Å². The number of nitrogen functional groups attached to an aromatic ring is 1. The summed E-state index contributed by atoms with van der Waals surface area (Å²) >= 11 is 0. The third-order valence-electron chi connectivity index (χ3n) is 3.08. The molecular formula is C16H17NO4. The van der Waals surface area contributed by atoms with Gasteiger partial charge in [0.1, 0.15) is 0 Å². The summed E-state index contributed by atoms with van der Waals surface area (Å²) in [6.45, 7) is 0. The highest BCUT2D eigenvalue weighted by molar-refractivity contribution is 6.10. The minimum atomic E-state index is -0.165. The predicted molar refractivity (Wildman–Crippen MR) is 80.4 cm³/mol. The normalized spacial score (nSPS) is 10.0. The fraction of sp³-hybridized carbons (Fsp3) is 0.188. The van der Waals surface area contributed by atoms with Crippen molar-refractivity contribution in [2.75, 3.05) is 27.1 Å². The lowest BCUT2D eigenvalue weighted by atomic mass is 10.0. The lowest BCUT2D eigenvalue weighted by Crippen LogP contribution is -2.04. The van der Waals surface area contributed by atoms with Crippen molar-refractivity contribution in [3.05, 3.63) is 47.5 Å². The van der Waals surface area contributed by atoms with E-state index >= 15 is 0 Å². The molecule has 0 saturated heterocycles. The van der Waals surface area contributed by atoms with Gasteiger partial charge in [0.15, 0.2) is 17.3 Å². The summed E-state index contributed by atoms with van der Waals surface area (Å²) in [5, 5.41) is 0. The van der Waals surface area contributed by atoms with Gasteiger partial charge in [0.25, 0.3) is 0 Å². The van der Waals surface area contributed by atoms with E-state index in [1.165, 1.54) is 21.3 Å². The molecule has 0 unspecified atom stereocenters. The average Bonchev–Trinajstić information content (AvgIpc) is 2.52. The standard InChI is InChI=1S/C16H17NO4/c1-19-13-8-11(9-14(20-2)16(13)21-3)15(18)10-5-4-6-12(17)7-10/h4-9H,17H2,1-3H3. The maximum atomic E-state index is 12.5. The van der Waals surface area contributed by atoms with Crippen LogP contribution in [0.15, 0.2) is 36.4 Å². The van der Waals surface area contributed by atoms with Gasteiger partial charge in [-0.1, -0.05) is 12.1 Å². The number of carbonyl (C=O) groups is 1. The first kappa shape index (κ1) is 14.7. The monoisotopic (exact) mass is 287 g/mol. The summed E-state index contributed by atoms with van der Waals surface area (Å²) < 4.78 is 15.7. The van der Waals surface area contributed by atoms with Crippen molar-refractivity contribution in [3.63, 3.8) is 0 Å². The van der Waals surface area contributed by atoms with Crippen LogP contribution in [0.3, 0.4) is 0 Å². The summed E-state index contributed by atoms with van der Waals surface area (Å²) in [5.74, 6) is 1.15. The third kappa shape index (κ3) is 2.91. The molecule has 0 heterocycles. The molecule has 0 bridgehead atoms. The fourth-order valence-corrected chi connectivity index (χ4v) is 2.06. The molecule has 2 aromatic carbocycles. The van der Waals surface area contributed by atoms with Crippen LogP contribution < -0.4 is 19.9 Å². The zero-order chi connectivity index (χ0) is 15.4. The largest absolute Gasteiger partial charge is 0.493 e. The van der Waals surface area contributed by atoms with Crippen LogP contribution in [0, 0.1) is 0 Å². The maximum absolute atomic E-state index is 12.5. The molecule has 0 aliphatic rings. The SMILES string of the molecule is COc1cc(C(=O)c2cccc(N)c2)cc(OC)c1OC. The van der Waals surface area contributed by atoms with Gasteiger partial charge in [0, 0.05) is 16.8 Å². The number of ether oxygens (including phenoxy) is 3. The summed E-state index contributed by atoms with van der Waals surface area (Å²) in [4.78, 5) is 12.5. The molecule has 0 atom stereocenters. The number of ketones is 1. The van der Waals surface area contributed by atoms with Gasteiger partial charge in [-0.05, 0) is 24.3 Å². The Bertz CT molecular complexity index is 642. The van der Waals surface area contributed by atoms with Crippen molar-refractivity contribution in [3.8, 4) is 17.2 Å². The molecule has 0 saturated carbocycles. The van der Waals surface area contributed by atoms with E-state index in [-0.39, 0.29) is 5.78 Å². The highest BCUT2D eigenvalue weighted by atomic mass is 16.5. The summed E-state index contributed by atoms with van der Waals surface area (Å²) in [7, 11) is 4.53. The third-order valence-corrected chi connectivity index (χ3v) is 3.08. The topological polar surface area (TPSA) is 70.8 Å². The van der Waals surface area contributed by atoms with Crippen LogP contribution in [0.4, 0.5) is 5.69 Å². The number of benzene rings is 2. The second-order valence-corrected chi connectivity index (χ2v) is 4.37. The highest BCUT2D eigenvalue weighted by Crippen LogP contribution is 2.38. The molecule has 5 nitrogen and oxygen atoms in total. The average molecular weight is 287 g/mol. The van der Waals surface area contributed by atoms with E-state index in [9.17, 15) is 4.79 Å². The molecule has 21 heavy (non-hydrogen) atoms. The van der Waals surface area contributed by atoms with Gasteiger partial charge >= 0.3 is 0 Å². The first-order valence-electron chi connectivity index (χ1n) is 6.31. The Morgan fingerprint density at radius 2 is 1.52 bits per heavy atom. The second kappa shape index (κ2) is 6.17. The Kier molecular flexibility index (Phi) is 4.33. The van der Waals surface area contributed by atoms with Crippen molar-refractivity contribution in [2.24, 2.45) is 0 Å². The van der Waals surface area contributed by atoms with E-state index in [2.05, 4.69) is 0 Å². The first-order chi connectivity index (χ1) is 10.1. The minimum absolute atomic E-state index is 0.165. The fourth-order valence-electron chi connectivity index (χ4n) is 2.06. The van der Waals surface area contributed by atoms with E-state index < -0.39 is 0 Å². The van der Waals surface area contributed by atoms with Gasteiger partial charge in [-0.3, -0.25) is 4.79 Å². The van der Waals surface area contributed by atoms with Crippen LogP contribution >= 0.6 is 0 Å². The lowest BCUT2D eigenvalue weighted by molar-refractivity contribution is 0.103. The summed E-state index contributed by atoms with van der Waals surface area (Å²) in [5.41, 5.74) is 7.19. The van der Waals surface area contributed by atoms with Crippen molar-refractivity contribution >= 4 is 11.5 Å². The van der Waals surface area contributed by atoms with E-state index in [1.807, 2.05) is 0 Å².